The minimum absolute atomic E-state index is 0.0281. The minimum atomic E-state index is -1.15. The number of aliphatic carboxylic acids is 2. The summed E-state index contributed by atoms with van der Waals surface area (Å²) in [6.45, 7) is 46.5. The molecular weight excluding hydrogens is 983 g/mol. The normalized spacial score (nSPS) is 24.8. The second-order valence-corrected chi connectivity index (χ2v) is 29.4. The molecular formula is C61H95N3O11S. The summed E-state index contributed by atoms with van der Waals surface area (Å²) in [5.74, 6) is -4.32. The van der Waals surface area contributed by atoms with Crippen molar-refractivity contribution in [3.8, 4) is 0 Å². The number of amidine groups is 1. The average molecular weight is 1080 g/mol. The third kappa shape index (κ3) is 15.8. The fourth-order valence-corrected chi connectivity index (χ4v) is 12.8. The van der Waals surface area contributed by atoms with Gasteiger partial charge in [0.2, 0.25) is 5.91 Å². The number of H-pyrrole nitrogens is 1. The summed E-state index contributed by atoms with van der Waals surface area (Å²) >= 11 is 1.17. The van der Waals surface area contributed by atoms with E-state index < -0.39 is 59.1 Å². The van der Waals surface area contributed by atoms with E-state index in [1.807, 2.05) is 40.7 Å². The smallest absolute Gasteiger partial charge is 0.342 e. The molecule has 5 atom stereocenters. The van der Waals surface area contributed by atoms with E-state index in [0.29, 0.717) is 65.2 Å². The van der Waals surface area contributed by atoms with E-state index in [2.05, 4.69) is 100.0 Å². The van der Waals surface area contributed by atoms with Crippen molar-refractivity contribution in [2.45, 2.75) is 201 Å². The largest absolute Gasteiger partial charge is 0.481 e. The molecule has 2 fully saturated rings. The molecule has 4 rings (SSSR count). The van der Waals surface area contributed by atoms with Crippen molar-refractivity contribution in [2.24, 2.45) is 73.5 Å². The van der Waals surface area contributed by atoms with Gasteiger partial charge in [0.25, 0.3) is 0 Å². The molecule has 2 heterocycles. The molecule has 1 aromatic rings. The molecule has 3 aliphatic rings. The van der Waals surface area contributed by atoms with Gasteiger partial charge in [-0.1, -0.05) is 138 Å². The topological polar surface area (TPSA) is 211 Å². The Labute approximate surface area is 459 Å². The Morgan fingerprint density at radius 1 is 0.737 bits per heavy atom. The number of carbonyl (C=O) groups excluding carboxylic acids is 4. The molecule has 0 saturated heterocycles. The zero-order valence-electron chi connectivity index (χ0n) is 50.0. The predicted molar refractivity (Wildman–Crippen MR) is 303 cm³/mol. The number of allylic oxidation sites excluding steroid dienone is 1. The number of hydrogen-bond acceptors (Lipinski definition) is 11. The highest BCUT2D eigenvalue weighted by Gasteiger charge is 2.52. The molecule has 0 spiro atoms. The Hall–Kier alpha value is -4.66. The number of thioether (sulfide) groups is 1. The molecule has 426 valence electrons. The van der Waals surface area contributed by atoms with Crippen molar-refractivity contribution in [1.82, 2.24) is 10.3 Å². The number of hydrogen-bond donors (Lipinski definition) is 4. The quantitative estimate of drug-likeness (QED) is 0.0692. The number of carbonyl (C=O) groups is 6. The van der Waals surface area contributed by atoms with Gasteiger partial charge < -0.3 is 34.7 Å². The second kappa shape index (κ2) is 24.1. The summed E-state index contributed by atoms with van der Waals surface area (Å²) in [5.41, 5.74) is 1.85. The van der Waals surface area contributed by atoms with Crippen molar-refractivity contribution in [2.75, 3.05) is 12.4 Å². The zero-order valence-corrected chi connectivity index (χ0v) is 50.8. The van der Waals surface area contributed by atoms with Crippen LogP contribution in [0.4, 0.5) is 0 Å². The summed E-state index contributed by atoms with van der Waals surface area (Å²) in [7, 11) is 0. The van der Waals surface area contributed by atoms with Gasteiger partial charge in [-0.25, -0.2) is 19.4 Å². The maximum absolute atomic E-state index is 15.3. The van der Waals surface area contributed by atoms with Crippen LogP contribution in [0.15, 0.2) is 34.0 Å². The first-order valence-corrected chi connectivity index (χ1v) is 28.5. The molecule has 76 heavy (non-hydrogen) atoms. The molecule has 14 nitrogen and oxygen atoms in total. The molecule has 15 heteroatoms. The van der Waals surface area contributed by atoms with Crippen LogP contribution in [0.5, 0.6) is 0 Å². The van der Waals surface area contributed by atoms with E-state index >= 15 is 9.59 Å². The fraction of sp³-hybridized carbons (Fsp3) is 0.721. The molecule has 5 unspecified atom stereocenters. The van der Waals surface area contributed by atoms with E-state index in [-0.39, 0.29) is 92.9 Å². The van der Waals surface area contributed by atoms with Crippen LogP contribution < -0.4 is 5.32 Å². The average Bonchev–Trinajstić information content (AvgIpc) is 3.78. The van der Waals surface area contributed by atoms with Gasteiger partial charge in [-0.2, -0.15) is 0 Å². The number of amides is 1. The van der Waals surface area contributed by atoms with Crippen LogP contribution in [-0.2, 0) is 38.2 Å². The first kappa shape index (κ1) is 63.9. The molecule has 2 saturated carbocycles. The van der Waals surface area contributed by atoms with E-state index in [0.717, 1.165) is 5.56 Å². The molecule has 1 amide bonds. The Morgan fingerprint density at radius 2 is 1.20 bits per heavy atom. The van der Waals surface area contributed by atoms with Gasteiger partial charge >= 0.3 is 29.8 Å². The third-order valence-electron chi connectivity index (χ3n) is 15.9. The number of aryl methyl sites for hydroxylation is 1. The van der Waals surface area contributed by atoms with Crippen molar-refractivity contribution < 1.29 is 53.2 Å². The number of esters is 3. The Bertz CT molecular complexity index is 2410. The maximum atomic E-state index is 15.3. The molecule has 2 aliphatic carbocycles. The summed E-state index contributed by atoms with van der Waals surface area (Å²) < 4.78 is 19.4. The van der Waals surface area contributed by atoms with Crippen LogP contribution in [0, 0.1) is 75.4 Å². The van der Waals surface area contributed by atoms with Crippen molar-refractivity contribution in [1.29, 1.82) is 0 Å². The Morgan fingerprint density at radius 3 is 1.59 bits per heavy atom. The zero-order chi connectivity index (χ0) is 58.1. The molecule has 4 N–H and O–H groups in total. The van der Waals surface area contributed by atoms with E-state index in [9.17, 15) is 29.4 Å². The number of ether oxygens (including phenoxy) is 3. The molecule has 0 aromatic carbocycles. The maximum Gasteiger partial charge on any atom is 0.342 e. The number of aromatic amines is 1. The van der Waals surface area contributed by atoms with E-state index in [1.165, 1.54) is 11.8 Å². The molecule has 0 radical (unpaired) electrons. The number of carboxylic acid groups (broad SMARTS) is 2. The number of rotatable bonds is 16. The minimum Gasteiger partial charge on any atom is -0.481 e. The van der Waals surface area contributed by atoms with Crippen molar-refractivity contribution in [3.05, 3.63) is 51.5 Å². The predicted octanol–water partition coefficient (Wildman–Crippen LogP) is 13.0. The summed E-state index contributed by atoms with van der Waals surface area (Å²) in [5, 5.41) is 21.2. The van der Waals surface area contributed by atoms with Gasteiger partial charge in [-0.05, 0) is 108 Å². The molecule has 1 aliphatic heterocycles. The summed E-state index contributed by atoms with van der Waals surface area (Å²) in [4.78, 5) is 88.9. The van der Waals surface area contributed by atoms with Crippen molar-refractivity contribution >= 4 is 59.4 Å². The van der Waals surface area contributed by atoms with Gasteiger partial charge in [0, 0.05) is 46.0 Å². The molecule has 1 aromatic heterocycles. The second-order valence-electron chi connectivity index (χ2n) is 28.2. The monoisotopic (exact) mass is 1080 g/mol. The lowest BCUT2D eigenvalue weighted by molar-refractivity contribution is -0.166. The Balaban J connectivity index is 1.85. The van der Waals surface area contributed by atoms with Crippen LogP contribution >= 0.6 is 11.8 Å². The number of nitrogens with one attached hydrogen (secondary N) is 2. The lowest BCUT2D eigenvalue weighted by Gasteiger charge is -2.50. The van der Waals surface area contributed by atoms with E-state index in [4.69, 9.17) is 19.2 Å². The van der Waals surface area contributed by atoms with Gasteiger partial charge in [-0.15, -0.1) is 11.8 Å². The number of aliphatic imine (C=N–C) groups is 1. The van der Waals surface area contributed by atoms with Crippen LogP contribution in [0.25, 0.3) is 6.08 Å². The lowest BCUT2D eigenvalue weighted by Crippen LogP contribution is -2.51. The highest BCUT2D eigenvalue weighted by atomic mass is 32.2. The van der Waals surface area contributed by atoms with Crippen LogP contribution in [0.1, 0.15) is 204 Å². The van der Waals surface area contributed by atoms with Crippen molar-refractivity contribution in [3.63, 3.8) is 0 Å². The van der Waals surface area contributed by atoms with Crippen LogP contribution in [-0.4, -0.2) is 86.6 Å². The third-order valence-corrected chi connectivity index (χ3v) is 17.3. The Kier molecular flexibility index (Phi) is 20.3. The number of carboxylic acids is 2. The fourth-order valence-electron chi connectivity index (χ4n) is 11.6. The number of aromatic nitrogens is 1. The first-order valence-electron chi connectivity index (χ1n) is 27.5. The highest BCUT2D eigenvalue weighted by molar-refractivity contribution is 8.00. The standard InChI is InChI=1S/C61H95N3O11S/c1-31(2)45-41(62-34(7)47(45)54(70)74-50-39(59(14,15)16)25-36(26-40(50)60(17,18)19)30-76-43(52(67)68)28-44(65)66)27-42-46(32(3)4)48(51(63-42)64-56(72)61(20,21)22)55(71)75-49-37(57(8,9)10)23-35(24-38(49)58(11,12)13)29-73-53(69)33(5)6/h27,31-32,35-40,43,49-50,62H,5,23-26,28-30H2,1-4,6-22H3,(H,65,66)(H,67,68)(H,63,64,72)/b42-27-. The summed E-state index contributed by atoms with van der Waals surface area (Å²) in [6, 6.07) is 0. The van der Waals surface area contributed by atoms with Crippen LogP contribution in [0.3, 0.4) is 0 Å². The van der Waals surface area contributed by atoms with Gasteiger partial charge in [0.15, 0.2) is 0 Å². The van der Waals surface area contributed by atoms with Crippen LogP contribution in [0.2, 0.25) is 0 Å². The first-order chi connectivity index (χ1) is 34.6. The van der Waals surface area contributed by atoms with E-state index in [1.54, 1.807) is 27.7 Å². The summed E-state index contributed by atoms with van der Waals surface area (Å²) in [6.07, 6.45) is 3.04. The highest BCUT2D eigenvalue weighted by Crippen LogP contribution is 2.53. The lowest BCUT2D eigenvalue weighted by atomic mass is 9.58. The van der Waals surface area contributed by atoms with Gasteiger partial charge in [-0.3, -0.25) is 14.4 Å². The SMILES string of the molecule is C=C(C)C(=O)OCC1CC(C(C)(C)C)C(OC(=O)C2=C(C(C)C)/C(=C/c3[nH]c(C)c(C(=O)OC4C(C(C)(C)C)CC(CSC(CC(=O)O)C(=O)O)CC4C(C)(C)C)c3C(C)C)N=C2NC(=O)C(C)(C)C)C(C(C)(C)C)C1. The van der Waals surface area contributed by atoms with Gasteiger partial charge in [0.05, 0.1) is 24.3 Å². The number of nitrogens with zero attached hydrogens (tertiary/aromatic N) is 1. The van der Waals surface area contributed by atoms with Gasteiger partial charge in [0.1, 0.15) is 28.9 Å². The molecule has 0 bridgehead atoms.